The lowest BCUT2D eigenvalue weighted by atomic mass is 9.79. The van der Waals surface area contributed by atoms with E-state index in [2.05, 4.69) is 45.5 Å². The molecule has 2 heterocycles. The number of likely N-dealkylation sites (tertiary alicyclic amines) is 1. The molecular weight excluding hydrogens is 398 g/mol. The number of pyridine rings is 1. The number of benzene rings is 2. The molecule has 0 radical (unpaired) electrons. The fourth-order valence-corrected chi connectivity index (χ4v) is 4.67. The van der Waals surface area contributed by atoms with E-state index in [4.69, 9.17) is 4.74 Å². The van der Waals surface area contributed by atoms with Crippen molar-refractivity contribution in [1.82, 2.24) is 15.2 Å². The third kappa shape index (κ3) is 4.83. The van der Waals surface area contributed by atoms with Crippen LogP contribution < -0.4 is 10.1 Å². The van der Waals surface area contributed by atoms with Crippen LogP contribution in [0.15, 0.2) is 73.1 Å². The number of carbonyl (C=O) groups is 1. The van der Waals surface area contributed by atoms with Gasteiger partial charge in [0.25, 0.3) is 0 Å². The van der Waals surface area contributed by atoms with Crippen LogP contribution in [0, 0.1) is 5.41 Å². The first-order valence-electron chi connectivity index (χ1n) is 11.3. The minimum Gasteiger partial charge on any atom is -0.496 e. The number of carbonyl (C=O) groups excluding carboxylic acids is 1. The zero-order chi connectivity index (χ0) is 22.4. The van der Waals surface area contributed by atoms with Gasteiger partial charge < -0.3 is 10.1 Å². The van der Waals surface area contributed by atoms with E-state index < -0.39 is 5.41 Å². The molecule has 5 heteroatoms. The molecule has 1 aromatic heterocycles. The van der Waals surface area contributed by atoms with E-state index in [0.29, 0.717) is 6.54 Å². The maximum Gasteiger partial charge on any atom is 0.227 e. The van der Waals surface area contributed by atoms with E-state index in [1.165, 1.54) is 11.1 Å². The van der Waals surface area contributed by atoms with Gasteiger partial charge in [-0.2, -0.15) is 0 Å². The molecule has 3 aromatic rings. The van der Waals surface area contributed by atoms with Gasteiger partial charge in [0, 0.05) is 37.6 Å². The quantitative estimate of drug-likeness (QED) is 0.579. The maximum atomic E-state index is 13.2. The Morgan fingerprint density at radius 2 is 1.81 bits per heavy atom. The van der Waals surface area contributed by atoms with Crippen molar-refractivity contribution in [2.24, 2.45) is 5.41 Å². The Hall–Kier alpha value is -3.18. The Balaban J connectivity index is 1.52. The second-order valence-electron chi connectivity index (χ2n) is 8.53. The molecular formula is C27H31N3O2. The Kier molecular flexibility index (Phi) is 6.86. The van der Waals surface area contributed by atoms with Gasteiger partial charge in [-0.05, 0) is 61.2 Å². The predicted molar refractivity (Wildman–Crippen MR) is 127 cm³/mol. The zero-order valence-electron chi connectivity index (χ0n) is 18.9. The lowest BCUT2D eigenvalue weighted by Crippen LogP contribution is -2.44. The second-order valence-corrected chi connectivity index (χ2v) is 8.53. The average molecular weight is 430 g/mol. The summed E-state index contributed by atoms with van der Waals surface area (Å²) in [5.74, 6) is 1.02. The topological polar surface area (TPSA) is 54.5 Å². The lowest BCUT2D eigenvalue weighted by molar-refractivity contribution is -0.130. The standard InChI is InChI=1S/C27H31N3O2/c1-3-29-26(31)27(14-17-30(20-27)19-22-12-15-28-16-13-22)18-21-8-10-23(11-9-21)24-6-4-5-7-25(24)32-2/h4-13,15-16H,3,14,17-20H2,1-2H3,(H,29,31). The SMILES string of the molecule is CCNC(=O)C1(Cc2ccc(-c3ccccc3OC)cc2)CCN(Cc2ccncc2)C1. The summed E-state index contributed by atoms with van der Waals surface area (Å²) >= 11 is 0. The molecule has 1 N–H and O–H groups in total. The highest BCUT2D eigenvalue weighted by molar-refractivity contribution is 5.83. The number of rotatable bonds is 8. The van der Waals surface area contributed by atoms with Gasteiger partial charge in [-0.25, -0.2) is 0 Å². The van der Waals surface area contributed by atoms with Crippen LogP contribution in [0.25, 0.3) is 11.1 Å². The third-order valence-corrected chi connectivity index (χ3v) is 6.32. The fraction of sp³-hybridized carbons (Fsp3) is 0.333. The molecule has 0 aliphatic carbocycles. The average Bonchev–Trinajstić information content (AvgIpc) is 3.24. The number of nitrogens with zero attached hydrogens (tertiary/aromatic N) is 2. The Morgan fingerprint density at radius 3 is 2.53 bits per heavy atom. The van der Waals surface area contributed by atoms with Crippen molar-refractivity contribution in [1.29, 1.82) is 0 Å². The van der Waals surface area contributed by atoms with Crippen LogP contribution in [0.3, 0.4) is 0 Å². The first kappa shape index (κ1) is 22.0. The minimum absolute atomic E-state index is 0.158. The van der Waals surface area contributed by atoms with E-state index in [0.717, 1.165) is 49.4 Å². The van der Waals surface area contributed by atoms with Gasteiger partial charge in [0.2, 0.25) is 5.91 Å². The van der Waals surface area contributed by atoms with Gasteiger partial charge in [-0.15, -0.1) is 0 Å². The maximum absolute atomic E-state index is 13.2. The molecule has 32 heavy (non-hydrogen) atoms. The summed E-state index contributed by atoms with van der Waals surface area (Å²) in [6, 6.07) is 20.7. The highest BCUT2D eigenvalue weighted by Gasteiger charge is 2.44. The van der Waals surface area contributed by atoms with Gasteiger partial charge in [-0.1, -0.05) is 42.5 Å². The molecule has 4 rings (SSSR count). The molecule has 1 atom stereocenters. The summed E-state index contributed by atoms with van der Waals surface area (Å²) in [6.45, 7) is 5.15. The van der Waals surface area contributed by atoms with Crippen molar-refractivity contribution >= 4 is 5.91 Å². The molecule has 1 aliphatic rings. The first-order chi connectivity index (χ1) is 15.6. The number of amides is 1. The van der Waals surface area contributed by atoms with Crippen LogP contribution in [0.5, 0.6) is 5.75 Å². The van der Waals surface area contributed by atoms with Gasteiger partial charge in [0.05, 0.1) is 12.5 Å². The van der Waals surface area contributed by atoms with Crippen LogP contribution in [0.1, 0.15) is 24.5 Å². The second kappa shape index (κ2) is 9.96. The zero-order valence-corrected chi connectivity index (χ0v) is 18.9. The molecule has 1 fully saturated rings. The molecule has 2 aromatic carbocycles. The molecule has 1 unspecified atom stereocenters. The van der Waals surface area contributed by atoms with Crippen LogP contribution in [0.2, 0.25) is 0 Å². The van der Waals surface area contributed by atoms with Crippen molar-refractivity contribution in [3.8, 4) is 16.9 Å². The number of hydrogen-bond acceptors (Lipinski definition) is 4. The van der Waals surface area contributed by atoms with Gasteiger partial charge in [0.1, 0.15) is 5.75 Å². The Labute approximate surface area is 190 Å². The molecule has 1 amide bonds. The Bertz CT molecular complexity index is 1040. The lowest BCUT2D eigenvalue weighted by Gasteiger charge is -2.28. The summed E-state index contributed by atoms with van der Waals surface area (Å²) in [4.78, 5) is 19.7. The Morgan fingerprint density at radius 1 is 1.06 bits per heavy atom. The van der Waals surface area contributed by atoms with Gasteiger partial charge >= 0.3 is 0 Å². The molecule has 1 saturated heterocycles. The number of ether oxygens (including phenoxy) is 1. The highest BCUT2D eigenvalue weighted by atomic mass is 16.5. The molecule has 166 valence electrons. The van der Waals surface area contributed by atoms with Crippen LogP contribution in [0.4, 0.5) is 0 Å². The van der Waals surface area contributed by atoms with Crippen LogP contribution in [-0.2, 0) is 17.8 Å². The normalized spacial score (nSPS) is 18.4. The summed E-state index contributed by atoms with van der Waals surface area (Å²) < 4.78 is 5.51. The van der Waals surface area contributed by atoms with E-state index in [-0.39, 0.29) is 5.91 Å². The predicted octanol–water partition coefficient (Wildman–Crippen LogP) is 4.33. The largest absolute Gasteiger partial charge is 0.496 e. The van der Waals surface area contributed by atoms with Crippen molar-refractivity contribution in [3.63, 3.8) is 0 Å². The summed E-state index contributed by atoms with van der Waals surface area (Å²) in [5, 5.41) is 3.09. The molecule has 0 spiro atoms. The van der Waals surface area contributed by atoms with E-state index in [9.17, 15) is 4.79 Å². The van der Waals surface area contributed by atoms with E-state index in [1.807, 2.05) is 49.6 Å². The summed E-state index contributed by atoms with van der Waals surface area (Å²) in [6.07, 6.45) is 5.24. The van der Waals surface area contributed by atoms with Crippen molar-refractivity contribution < 1.29 is 9.53 Å². The third-order valence-electron chi connectivity index (χ3n) is 6.32. The summed E-state index contributed by atoms with van der Waals surface area (Å²) in [7, 11) is 1.70. The van der Waals surface area contributed by atoms with Crippen LogP contribution >= 0.6 is 0 Å². The van der Waals surface area contributed by atoms with Crippen molar-refractivity contribution in [2.45, 2.75) is 26.3 Å². The fourth-order valence-electron chi connectivity index (χ4n) is 4.67. The first-order valence-corrected chi connectivity index (χ1v) is 11.3. The minimum atomic E-state index is -0.408. The molecule has 5 nitrogen and oxygen atoms in total. The van der Waals surface area contributed by atoms with E-state index in [1.54, 1.807) is 7.11 Å². The molecule has 0 bridgehead atoms. The van der Waals surface area contributed by atoms with Gasteiger partial charge in [0.15, 0.2) is 0 Å². The number of para-hydroxylation sites is 1. The van der Waals surface area contributed by atoms with Gasteiger partial charge in [-0.3, -0.25) is 14.7 Å². The number of methoxy groups -OCH3 is 1. The number of aromatic nitrogens is 1. The molecule has 1 aliphatic heterocycles. The smallest absolute Gasteiger partial charge is 0.227 e. The summed E-state index contributed by atoms with van der Waals surface area (Å²) in [5.41, 5.74) is 4.19. The number of hydrogen-bond donors (Lipinski definition) is 1. The monoisotopic (exact) mass is 429 g/mol. The van der Waals surface area contributed by atoms with Crippen molar-refractivity contribution in [3.05, 3.63) is 84.2 Å². The van der Waals surface area contributed by atoms with Crippen molar-refractivity contribution in [2.75, 3.05) is 26.7 Å². The van der Waals surface area contributed by atoms with Crippen LogP contribution in [-0.4, -0.2) is 42.5 Å². The molecule has 0 saturated carbocycles. The van der Waals surface area contributed by atoms with E-state index >= 15 is 0 Å². The highest BCUT2D eigenvalue weighted by Crippen LogP contribution is 2.36. The number of nitrogens with one attached hydrogen (secondary N) is 1.